The van der Waals surface area contributed by atoms with Gasteiger partial charge in [-0.15, -0.1) is 0 Å². The molecule has 2 saturated heterocycles. The second kappa shape index (κ2) is 8.92. The highest BCUT2D eigenvalue weighted by Gasteiger charge is 2.60. The van der Waals surface area contributed by atoms with Crippen molar-refractivity contribution in [3.05, 3.63) is 44.5 Å². The average molecular weight is 526 g/mol. The Hall–Kier alpha value is -3.84. The number of aliphatic imine (C=N–C) groups is 1. The molecule has 194 valence electrons. The molecule has 0 saturated carbocycles. The monoisotopic (exact) mass is 525 g/mol. The van der Waals surface area contributed by atoms with E-state index < -0.39 is 34.9 Å². The van der Waals surface area contributed by atoms with Gasteiger partial charge in [0.1, 0.15) is 5.56 Å². The standard InChI is InChI=1S/C24H27N7O5S/c1-12(2)31-19(33)15(18(32)26-23(31)37)10-25-14-4-5-16-13(8-14)9-24(17-11-29(3)6-7-30(16)17)20(34)27-22(36)28-21(24)35/h4-5,8,10,12,17,33H,6-7,9,11H2,1-3H3,(H,26,32,37)(H2,27,28,34,35,36)/t17-/m1/s1. The Bertz CT molecular complexity index is 1460. The molecule has 37 heavy (non-hydrogen) atoms. The van der Waals surface area contributed by atoms with Crippen LogP contribution in [0.5, 0.6) is 5.88 Å². The number of benzene rings is 1. The number of likely N-dealkylation sites (N-methyl/N-ethyl adjacent to an activating group) is 1. The number of carbonyl (C=O) groups is 3. The maximum absolute atomic E-state index is 13.2. The lowest BCUT2D eigenvalue weighted by Gasteiger charge is -2.53. The molecule has 0 bridgehead atoms. The highest BCUT2D eigenvalue weighted by molar-refractivity contribution is 7.71. The van der Waals surface area contributed by atoms with E-state index in [2.05, 4.69) is 25.5 Å². The number of nitrogens with zero attached hydrogens (tertiary/aromatic N) is 4. The van der Waals surface area contributed by atoms with Crippen molar-refractivity contribution < 1.29 is 19.5 Å². The summed E-state index contributed by atoms with van der Waals surface area (Å²) in [5, 5.41) is 15.2. The summed E-state index contributed by atoms with van der Waals surface area (Å²) in [7, 11) is 1.93. The number of nitrogens with one attached hydrogen (secondary N) is 3. The first-order valence-electron chi connectivity index (χ1n) is 11.9. The Labute approximate surface area is 217 Å². The number of hydrogen-bond donors (Lipinski definition) is 4. The van der Waals surface area contributed by atoms with Crippen LogP contribution in [0, 0.1) is 10.2 Å². The molecular formula is C24H27N7O5S. The second-order valence-corrected chi connectivity index (χ2v) is 10.3. The van der Waals surface area contributed by atoms with E-state index in [1.807, 2.05) is 31.9 Å². The first-order chi connectivity index (χ1) is 17.5. The number of imide groups is 2. The fraction of sp³-hybridized carbons (Fsp3) is 0.417. The van der Waals surface area contributed by atoms with Crippen LogP contribution in [0.4, 0.5) is 16.2 Å². The Kier molecular flexibility index (Phi) is 5.99. The average Bonchev–Trinajstić information content (AvgIpc) is 2.81. The molecule has 3 aliphatic rings. The van der Waals surface area contributed by atoms with Crippen LogP contribution in [0.3, 0.4) is 0 Å². The Morgan fingerprint density at radius 2 is 1.86 bits per heavy atom. The van der Waals surface area contributed by atoms with Crippen molar-refractivity contribution in [3.8, 4) is 5.88 Å². The number of piperazine rings is 1. The van der Waals surface area contributed by atoms with Gasteiger partial charge in [0.2, 0.25) is 17.7 Å². The summed E-state index contributed by atoms with van der Waals surface area (Å²) in [5.41, 5.74) is -0.0391. The van der Waals surface area contributed by atoms with Crippen LogP contribution in [-0.4, -0.2) is 76.3 Å². The van der Waals surface area contributed by atoms with E-state index in [-0.39, 0.29) is 28.7 Å². The summed E-state index contributed by atoms with van der Waals surface area (Å²) >= 11 is 5.16. The molecule has 0 unspecified atom stereocenters. The smallest absolute Gasteiger partial charge is 0.328 e. The summed E-state index contributed by atoms with van der Waals surface area (Å²) in [6.07, 6.45) is 1.34. The fourth-order valence-corrected chi connectivity index (χ4v) is 5.83. The van der Waals surface area contributed by atoms with E-state index in [0.29, 0.717) is 24.3 Å². The zero-order chi connectivity index (χ0) is 26.6. The summed E-state index contributed by atoms with van der Waals surface area (Å²) in [6.45, 7) is 5.46. The van der Waals surface area contributed by atoms with Crippen molar-refractivity contribution in [3.63, 3.8) is 0 Å². The van der Waals surface area contributed by atoms with Gasteiger partial charge in [0.15, 0.2) is 10.2 Å². The summed E-state index contributed by atoms with van der Waals surface area (Å²) < 4.78 is 1.53. The van der Waals surface area contributed by atoms with E-state index in [0.717, 1.165) is 12.2 Å². The van der Waals surface area contributed by atoms with Gasteiger partial charge in [-0.1, -0.05) is 0 Å². The van der Waals surface area contributed by atoms with Crippen LogP contribution in [0.15, 0.2) is 28.0 Å². The van der Waals surface area contributed by atoms with E-state index in [1.54, 1.807) is 12.1 Å². The van der Waals surface area contributed by atoms with Crippen LogP contribution in [-0.2, 0) is 16.0 Å². The van der Waals surface area contributed by atoms with E-state index >= 15 is 0 Å². The lowest BCUT2D eigenvalue weighted by Crippen LogP contribution is -2.74. The number of amides is 4. The third-order valence-electron chi connectivity index (χ3n) is 7.27. The highest BCUT2D eigenvalue weighted by Crippen LogP contribution is 2.45. The second-order valence-electron chi connectivity index (χ2n) is 9.89. The molecule has 0 aliphatic carbocycles. The number of aromatic nitrogens is 2. The van der Waals surface area contributed by atoms with Crippen molar-refractivity contribution in [1.29, 1.82) is 0 Å². The third-order valence-corrected chi connectivity index (χ3v) is 7.57. The predicted molar refractivity (Wildman–Crippen MR) is 138 cm³/mol. The molecule has 12 nitrogen and oxygen atoms in total. The number of rotatable bonds is 3. The number of aromatic amines is 1. The van der Waals surface area contributed by atoms with Crippen LogP contribution >= 0.6 is 12.2 Å². The van der Waals surface area contributed by atoms with Gasteiger partial charge in [-0.2, -0.15) is 0 Å². The molecule has 1 spiro atoms. The lowest BCUT2D eigenvalue weighted by atomic mass is 9.68. The molecule has 4 N–H and O–H groups in total. The Balaban J connectivity index is 1.57. The number of H-pyrrole nitrogens is 1. The van der Waals surface area contributed by atoms with Crippen LogP contribution in [0.2, 0.25) is 0 Å². The molecule has 1 aromatic heterocycles. The summed E-state index contributed by atoms with van der Waals surface area (Å²) in [6, 6.07) is 3.93. The topological polar surface area (TPSA) is 152 Å². The third kappa shape index (κ3) is 3.94. The largest absolute Gasteiger partial charge is 0.494 e. The molecule has 5 rings (SSSR count). The molecule has 0 radical (unpaired) electrons. The normalized spacial score (nSPS) is 21.2. The van der Waals surface area contributed by atoms with Gasteiger partial charge in [-0.3, -0.25) is 39.6 Å². The minimum atomic E-state index is -1.49. The van der Waals surface area contributed by atoms with Crippen molar-refractivity contribution in [2.75, 3.05) is 31.6 Å². The van der Waals surface area contributed by atoms with Gasteiger partial charge >= 0.3 is 6.03 Å². The maximum atomic E-state index is 13.2. The molecule has 2 fully saturated rings. The van der Waals surface area contributed by atoms with Crippen LogP contribution in [0.1, 0.15) is 31.0 Å². The molecule has 4 heterocycles. The molecule has 1 atom stereocenters. The number of anilines is 1. The van der Waals surface area contributed by atoms with Gasteiger partial charge in [-0.05, 0) is 63.3 Å². The van der Waals surface area contributed by atoms with Crippen LogP contribution in [0.25, 0.3) is 0 Å². The summed E-state index contributed by atoms with van der Waals surface area (Å²) in [5.74, 6) is -1.53. The molecular weight excluding hydrogens is 498 g/mol. The quantitative estimate of drug-likeness (QED) is 0.263. The first kappa shape index (κ1) is 24.8. The van der Waals surface area contributed by atoms with Gasteiger partial charge < -0.3 is 14.9 Å². The maximum Gasteiger partial charge on any atom is 0.328 e. The van der Waals surface area contributed by atoms with Crippen LogP contribution < -0.4 is 21.1 Å². The summed E-state index contributed by atoms with van der Waals surface area (Å²) in [4.78, 5) is 61.8. The van der Waals surface area contributed by atoms with Gasteiger partial charge in [0.25, 0.3) is 5.56 Å². The minimum absolute atomic E-state index is 0.0415. The van der Waals surface area contributed by atoms with E-state index in [9.17, 15) is 24.3 Å². The zero-order valence-corrected chi connectivity index (χ0v) is 21.4. The van der Waals surface area contributed by atoms with Crippen molar-refractivity contribution in [2.24, 2.45) is 10.4 Å². The molecule has 2 aromatic rings. The van der Waals surface area contributed by atoms with E-state index in [4.69, 9.17) is 12.2 Å². The molecule has 1 aromatic carbocycles. The number of carbonyl (C=O) groups excluding carboxylic acids is 3. The number of hydrogen-bond acceptors (Lipinski definition) is 9. The van der Waals surface area contributed by atoms with Gasteiger partial charge in [0.05, 0.1) is 11.7 Å². The fourth-order valence-electron chi connectivity index (χ4n) is 5.44. The molecule has 13 heteroatoms. The first-order valence-corrected chi connectivity index (χ1v) is 12.3. The number of barbiturate groups is 1. The SMILES string of the molecule is CC(C)n1c(O)c(C=Nc2ccc3c(c2)CC2(C(=O)NC(=O)NC2=O)[C@H]2CN(C)CCN32)c(=O)[nH]c1=S. The van der Waals surface area contributed by atoms with Gasteiger partial charge in [0, 0.05) is 37.6 Å². The Morgan fingerprint density at radius 1 is 1.16 bits per heavy atom. The number of urea groups is 1. The lowest BCUT2D eigenvalue weighted by molar-refractivity contribution is -0.147. The zero-order valence-electron chi connectivity index (χ0n) is 20.6. The van der Waals surface area contributed by atoms with E-state index in [1.165, 1.54) is 10.8 Å². The minimum Gasteiger partial charge on any atom is -0.494 e. The highest BCUT2D eigenvalue weighted by atomic mass is 32.1. The number of fused-ring (bicyclic) bond motifs is 4. The molecule has 4 amide bonds. The predicted octanol–water partition coefficient (Wildman–Crippen LogP) is 0.972. The Morgan fingerprint density at radius 3 is 2.54 bits per heavy atom. The van der Waals surface area contributed by atoms with Crippen molar-refractivity contribution >= 4 is 47.7 Å². The van der Waals surface area contributed by atoms with Crippen molar-refractivity contribution in [1.82, 2.24) is 25.1 Å². The number of aromatic hydroxyl groups is 1. The van der Waals surface area contributed by atoms with Crippen molar-refractivity contribution in [2.45, 2.75) is 32.4 Å². The van der Waals surface area contributed by atoms with Gasteiger partial charge in [-0.25, -0.2) is 4.79 Å². The molecule has 3 aliphatic heterocycles.